The zero-order valence-corrected chi connectivity index (χ0v) is 13.2. The first-order valence-electron chi connectivity index (χ1n) is 5.87. The smallest absolute Gasteiger partial charge is 0.337 e. The molecule has 21 heavy (non-hydrogen) atoms. The van der Waals surface area contributed by atoms with Crippen molar-refractivity contribution in [2.24, 2.45) is 0 Å². The molecule has 1 saturated heterocycles. The van der Waals surface area contributed by atoms with E-state index < -0.39 is 27.0 Å². The van der Waals surface area contributed by atoms with Crippen molar-refractivity contribution in [3.05, 3.63) is 27.7 Å². The summed E-state index contributed by atoms with van der Waals surface area (Å²) in [5.41, 5.74) is -0.376. The molecule has 2 rings (SSSR count). The van der Waals surface area contributed by atoms with E-state index in [4.69, 9.17) is 28.3 Å². The van der Waals surface area contributed by atoms with E-state index in [-0.39, 0.29) is 26.9 Å². The number of carbonyl (C=O) groups is 2. The molecule has 1 amide bonds. The minimum Gasteiger partial charge on any atom is -0.478 e. The molecule has 1 unspecified atom stereocenters. The number of likely N-dealkylation sites (tertiary alicyclic amines) is 1. The molecule has 0 aromatic heterocycles. The Labute approximate surface area is 131 Å². The predicted octanol–water partition coefficient (Wildman–Crippen LogP) is 1.70. The lowest BCUT2D eigenvalue weighted by atomic mass is 10.2. The molecule has 1 aromatic rings. The van der Waals surface area contributed by atoms with Gasteiger partial charge in [0.05, 0.1) is 20.5 Å². The number of carboxylic acid groups (broad SMARTS) is 1. The van der Waals surface area contributed by atoms with E-state index in [1.54, 1.807) is 0 Å². The highest BCUT2D eigenvalue weighted by Gasteiger charge is 2.41. The highest BCUT2D eigenvalue weighted by molar-refractivity contribution is 7.93. The minimum absolute atomic E-state index is 0.138. The lowest BCUT2D eigenvalue weighted by molar-refractivity contribution is -0.126. The number of rotatable bonds is 3. The molecule has 1 heterocycles. The SMILES string of the molecule is CN1CCC(S(=O)(=O)c2cc(C(=O)O)c(Cl)cc2Cl)C1=O. The van der Waals surface area contributed by atoms with E-state index in [2.05, 4.69) is 0 Å². The summed E-state index contributed by atoms with van der Waals surface area (Å²) >= 11 is 11.6. The average molecular weight is 352 g/mol. The summed E-state index contributed by atoms with van der Waals surface area (Å²) < 4.78 is 25.1. The van der Waals surface area contributed by atoms with Gasteiger partial charge in [0.25, 0.3) is 0 Å². The fourth-order valence-corrected chi connectivity index (χ4v) is 4.71. The third kappa shape index (κ3) is 2.73. The van der Waals surface area contributed by atoms with Crippen LogP contribution >= 0.6 is 23.2 Å². The summed E-state index contributed by atoms with van der Waals surface area (Å²) in [6, 6.07) is 1.95. The highest BCUT2D eigenvalue weighted by atomic mass is 35.5. The number of amides is 1. The topological polar surface area (TPSA) is 91.8 Å². The molecule has 1 aliphatic rings. The van der Waals surface area contributed by atoms with Gasteiger partial charge >= 0.3 is 5.97 Å². The molecule has 1 aliphatic heterocycles. The van der Waals surface area contributed by atoms with Gasteiger partial charge in [-0.05, 0) is 18.6 Å². The predicted molar refractivity (Wildman–Crippen MR) is 76.6 cm³/mol. The largest absolute Gasteiger partial charge is 0.478 e. The zero-order chi connectivity index (χ0) is 15.9. The van der Waals surface area contributed by atoms with Crippen LogP contribution < -0.4 is 0 Å². The van der Waals surface area contributed by atoms with Crippen molar-refractivity contribution in [2.45, 2.75) is 16.6 Å². The van der Waals surface area contributed by atoms with Crippen LogP contribution in [0.2, 0.25) is 10.0 Å². The molecule has 1 fully saturated rings. The van der Waals surface area contributed by atoms with Gasteiger partial charge in [-0.15, -0.1) is 0 Å². The van der Waals surface area contributed by atoms with Crippen LogP contribution in [0.15, 0.2) is 17.0 Å². The van der Waals surface area contributed by atoms with Crippen molar-refractivity contribution < 1.29 is 23.1 Å². The number of hydrogen-bond donors (Lipinski definition) is 1. The zero-order valence-electron chi connectivity index (χ0n) is 10.8. The summed E-state index contributed by atoms with van der Waals surface area (Å²) in [5, 5.41) is 7.39. The maximum Gasteiger partial charge on any atom is 0.337 e. The Balaban J connectivity index is 2.58. The van der Waals surface area contributed by atoms with E-state index in [0.29, 0.717) is 6.54 Å². The fourth-order valence-electron chi connectivity index (χ4n) is 2.14. The Morgan fingerprint density at radius 2 is 1.95 bits per heavy atom. The Morgan fingerprint density at radius 1 is 1.33 bits per heavy atom. The third-order valence-electron chi connectivity index (χ3n) is 3.31. The van der Waals surface area contributed by atoms with E-state index in [1.165, 1.54) is 11.9 Å². The van der Waals surface area contributed by atoms with Gasteiger partial charge < -0.3 is 10.0 Å². The summed E-state index contributed by atoms with van der Waals surface area (Å²) in [6.45, 7) is 0.319. The number of carbonyl (C=O) groups excluding carboxylic acids is 1. The number of halogens is 2. The van der Waals surface area contributed by atoms with Crippen molar-refractivity contribution in [1.82, 2.24) is 4.90 Å². The van der Waals surface area contributed by atoms with Gasteiger partial charge in [0.1, 0.15) is 5.25 Å². The van der Waals surface area contributed by atoms with E-state index in [0.717, 1.165) is 12.1 Å². The minimum atomic E-state index is -4.07. The van der Waals surface area contributed by atoms with Crippen molar-refractivity contribution in [1.29, 1.82) is 0 Å². The molecule has 1 aromatic carbocycles. The number of aromatic carboxylic acids is 1. The number of carboxylic acids is 1. The maximum atomic E-state index is 12.5. The summed E-state index contributed by atoms with van der Waals surface area (Å²) in [5.74, 6) is -1.90. The van der Waals surface area contributed by atoms with Crippen molar-refractivity contribution in [2.75, 3.05) is 13.6 Å². The van der Waals surface area contributed by atoms with Gasteiger partial charge in [0.15, 0.2) is 9.84 Å². The first-order valence-corrected chi connectivity index (χ1v) is 8.17. The Bertz CT molecular complexity index is 731. The van der Waals surface area contributed by atoms with Crippen LogP contribution in [0, 0.1) is 0 Å². The van der Waals surface area contributed by atoms with Crippen LogP contribution in [0.4, 0.5) is 0 Å². The van der Waals surface area contributed by atoms with Gasteiger partial charge in [-0.2, -0.15) is 0 Å². The van der Waals surface area contributed by atoms with Crippen LogP contribution in [0.3, 0.4) is 0 Å². The van der Waals surface area contributed by atoms with E-state index in [9.17, 15) is 18.0 Å². The van der Waals surface area contributed by atoms with E-state index >= 15 is 0 Å². The van der Waals surface area contributed by atoms with Crippen LogP contribution in [-0.4, -0.2) is 49.1 Å². The Morgan fingerprint density at radius 3 is 2.43 bits per heavy atom. The van der Waals surface area contributed by atoms with Crippen LogP contribution in [0.25, 0.3) is 0 Å². The van der Waals surface area contributed by atoms with Gasteiger partial charge in [0.2, 0.25) is 5.91 Å². The second-order valence-corrected chi connectivity index (χ2v) is 7.56. The standard InChI is InChI=1S/C12H11Cl2NO5S/c1-15-3-2-9(11(15)16)21(19,20)10-4-6(12(17)18)7(13)5-8(10)14/h4-5,9H,2-3H2,1H3,(H,17,18). The number of sulfone groups is 1. The Hall–Kier alpha value is -1.31. The quantitative estimate of drug-likeness (QED) is 0.894. The second kappa shape index (κ2) is 5.47. The molecular formula is C12H11Cl2NO5S. The van der Waals surface area contributed by atoms with Crippen LogP contribution in [-0.2, 0) is 14.6 Å². The lowest BCUT2D eigenvalue weighted by Crippen LogP contribution is -2.32. The van der Waals surface area contributed by atoms with Gasteiger partial charge in [-0.3, -0.25) is 4.79 Å². The van der Waals surface area contributed by atoms with E-state index in [1.807, 2.05) is 0 Å². The molecule has 0 aliphatic carbocycles. The second-order valence-electron chi connectivity index (χ2n) is 4.65. The highest BCUT2D eigenvalue weighted by Crippen LogP contribution is 2.33. The average Bonchev–Trinajstić information content (AvgIpc) is 2.69. The number of hydrogen-bond acceptors (Lipinski definition) is 4. The fraction of sp³-hybridized carbons (Fsp3) is 0.333. The monoisotopic (exact) mass is 351 g/mol. The van der Waals surface area contributed by atoms with Gasteiger partial charge in [-0.1, -0.05) is 23.2 Å². The molecule has 1 atom stereocenters. The van der Waals surface area contributed by atoms with Crippen molar-refractivity contribution in [3.8, 4) is 0 Å². The molecule has 0 bridgehead atoms. The number of nitrogens with zero attached hydrogens (tertiary/aromatic N) is 1. The molecule has 6 nitrogen and oxygen atoms in total. The third-order valence-corrected chi connectivity index (χ3v) is 6.19. The van der Waals surface area contributed by atoms with Crippen LogP contribution in [0.5, 0.6) is 0 Å². The first-order chi connectivity index (χ1) is 9.66. The molecule has 0 radical (unpaired) electrons. The van der Waals surface area contributed by atoms with Crippen LogP contribution in [0.1, 0.15) is 16.8 Å². The van der Waals surface area contributed by atoms with Gasteiger partial charge in [0, 0.05) is 13.6 Å². The first kappa shape index (κ1) is 16.1. The molecule has 0 saturated carbocycles. The molecule has 0 spiro atoms. The maximum absolute atomic E-state index is 12.5. The molecule has 1 N–H and O–H groups in total. The molecule has 114 valence electrons. The molecular weight excluding hydrogens is 341 g/mol. The summed E-state index contributed by atoms with van der Waals surface area (Å²) in [4.78, 5) is 23.9. The van der Waals surface area contributed by atoms with Gasteiger partial charge in [-0.25, -0.2) is 13.2 Å². The lowest BCUT2D eigenvalue weighted by Gasteiger charge is -2.13. The van der Waals surface area contributed by atoms with Crippen molar-refractivity contribution in [3.63, 3.8) is 0 Å². The molecule has 9 heteroatoms. The van der Waals surface area contributed by atoms with Crippen molar-refractivity contribution >= 4 is 44.9 Å². The number of benzene rings is 1. The summed E-state index contributed by atoms with van der Waals surface area (Å²) in [6.07, 6.45) is 0.138. The Kier molecular flexibility index (Phi) is 4.19. The normalized spacial score (nSPS) is 19.1. The summed E-state index contributed by atoms with van der Waals surface area (Å²) in [7, 11) is -2.57.